The largest absolute Gasteiger partial charge is 0.481 e. The van der Waals surface area contributed by atoms with Crippen LogP contribution in [0.15, 0.2) is 66.4 Å². The summed E-state index contributed by atoms with van der Waals surface area (Å²) < 4.78 is 0. The van der Waals surface area contributed by atoms with Crippen LogP contribution in [-0.2, 0) is 60.8 Å². The number of carboxylic acid groups (broad SMARTS) is 2. The number of imidazole rings is 1. The molecule has 1 aromatic heterocycles. The zero-order valence-electron chi connectivity index (χ0n) is 40.1. The Kier molecular flexibility index (Phi) is 24.7. The van der Waals surface area contributed by atoms with Crippen molar-refractivity contribution in [3.8, 4) is 0 Å². The summed E-state index contributed by atoms with van der Waals surface area (Å²) in [5.74, 6) is -9.51. The van der Waals surface area contributed by atoms with E-state index in [1.807, 2.05) is 11.8 Å². The molecular formula is C46H66N12O14. The number of carbonyl (C=O) groups is 10. The third-order valence-corrected chi connectivity index (χ3v) is 11.2. The van der Waals surface area contributed by atoms with E-state index in [1.54, 1.807) is 30.3 Å². The van der Waals surface area contributed by atoms with Gasteiger partial charge in [-0.1, -0.05) is 50.3 Å². The molecule has 0 aliphatic heterocycles. The van der Waals surface area contributed by atoms with Crippen molar-refractivity contribution in [3.63, 3.8) is 0 Å². The fourth-order valence-corrected chi connectivity index (χ4v) is 7.22. The highest BCUT2D eigenvalue weighted by Gasteiger charge is 2.35. The van der Waals surface area contributed by atoms with Gasteiger partial charge in [-0.3, -0.25) is 43.3 Å². The number of nitrogens with one attached hydrogen (secondary N) is 9. The van der Waals surface area contributed by atoms with Crippen molar-refractivity contribution in [3.05, 3.63) is 77.7 Å². The fourth-order valence-electron chi connectivity index (χ4n) is 7.22. The Hall–Kier alpha value is -7.55. The number of unbranched alkanes of at least 4 members (excludes halogenated alkanes) is 1. The van der Waals surface area contributed by atoms with Gasteiger partial charge in [0.15, 0.2) is 0 Å². The molecule has 1 unspecified atom stereocenters. The third kappa shape index (κ3) is 18.6. The lowest BCUT2D eigenvalue weighted by Gasteiger charge is -2.29. The molecule has 1 aliphatic carbocycles. The summed E-state index contributed by atoms with van der Waals surface area (Å²) in [5, 5.41) is 58.2. The van der Waals surface area contributed by atoms with Crippen molar-refractivity contribution in [2.75, 3.05) is 45.9 Å². The zero-order valence-corrected chi connectivity index (χ0v) is 40.1. The SMILES string of the molecule is C=C1C(=O)C(NCCCC(C=O)N(CCN)CCCC)=C1NCC(=O)N[C@@H](CC(=O)O)C(=O)N[C@@H](C)C(=O)N[C@@H](Cc1cnc[nH]1)C(=O)N[C@@H](CO)C(=O)N[C@@H](Cc1ccccc1)C(=O)N[C@@H](CO)C(=O)O. The number of aldehydes is 1. The summed E-state index contributed by atoms with van der Waals surface area (Å²) in [6.45, 7) is 6.44. The van der Waals surface area contributed by atoms with E-state index in [1.165, 1.54) is 19.4 Å². The van der Waals surface area contributed by atoms with Crippen LogP contribution in [0.4, 0.5) is 0 Å². The van der Waals surface area contributed by atoms with Gasteiger partial charge in [0.2, 0.25) is 41.2 Å². The quantitative estimate of drug-likeness (QED) is 0.0176. The molecule has 0 saturated carbocycles. The number of allylic oxidation sites excluding steroid dienone is 2. The van der Waals surface area contributed by atoms with Crippen LogP contribution < -0.4 is 48.3 Å². The second kappa shape index (κ2) is 30.2. The molecular weight excluding hydrogens is 945 g/mol. The molecule has 0 radical (unpaired) electrons. The summed E-state index contributed by atoms with van der Waals surface area (Å²) >= 11 is 0. The van der Waals surface area contributed by atoms with Gasteiger partial charge in [0.1, 0.15) is 48.2 Å². The number of aliphatic hydroxyl groups is 2. The molecule has 26 heteroatoms. The van der Waals surface area contributed by atoms with Crippen LogP contribution in [-0.4, -0.2) is 183 Å². The molecule has 3 rings (SSSR count). The van der Waals surface area contributed by atoms with Crippen molar-refractivity contribution in [2.24, 2.45) is 5.73 Å². The number of nitrogens with two attached hydrogens (primary N) is 1. The number of Topliss-reactive ketones (excluding diaryl/α,β-unsaturated/α-hetero) is 1. The number of nitrogens with zero attached hydrogens (tertiary/aromatic N) is 2. The third-order valence-electron chi connectivity index (χ3n) is 11.2. The van der Waals surface area contributed by atoms with Crippen LogP contribution >= 0.6 is 0 Å². The highest BCUT2D eigenvalue weighted by molar-refractivity contribution is 6.19. The summed E-state index contributed by atoms with van der Waals surface area (Å²) in [5.41, 5.74) is 7.04. The molecule has 1 aliphatic rings. The number of aliphatic carboxylic acids is 2. The standard InChI is InChI=1S/C46H66N12O14/c1-4-5-15-58(16-13-47)30(22-59)12-9-14-49-39-38(26(2)40(39)65)50-21-36(62)53-33(19-37(63)64)42(67)52-27(3)41(66)54-32(18-29-20-48-25-51-29)44(69)56-34(23-60)45(70)55-31(17-28-10-7-6-8-11-28)43(68)57-35(24-61)46(71)72/h6-8,10-11,20,22,25,27,30-35,49-50,60-61H,2,4-5,9,12-19,21,23-24,47H2,1,3H3,(H,48,51)(H,52,67)(H,53,62)(H,54,66)(H,55,70)(H,56,69)(H,57,68)(H,63,64)(H,71,72)/t27-,30?,31-,32-,33-,34-,35-/m0/s1. The van der Waals surface area contributed by atoms with Crippen LogP contribution in [0.5, 0.6) is 0 Å². The van der Waals surface area contributed by atoms with Gasteiger partial charge in [0, 0.05) is 49.9 Å². The van der Waals surface area contributed by atoms with E-state index in [0.29, 0.717) is 43.7 Å². The predicted octanol–water partition coefficient (Wildman–Crippen LogP) is -4.39. The van der Waals surface area contributed by atoms with Gasteiger partial charge in [0.25, 0.3) is 0 Å². The molecule has 6 amide bonds. The first-order chi connectivity index (χ1) is 34.4. The Bertz CT molecular complexity index is 2240. The van der Waals surface area contributed by atoms with Crippen LogP contribution in [0.25, 0.3) is 0 Å². The van der Waals surface area contributed by atoms with E-state index >= 15 is 0 Å². The van der Waals surface area contributed by atoms with E-state index in [-0.39, 0.29) is 35.9 Å². The van der Waals surface area contributed by atoms with Gasteiger partial charge in [-0.2, -0.15) is 0 Å². The Morgan fingerprint density at radius 2 is 1.39 bits per heavy atom. The minimum atomic E-state index is -1.74. The number of hydrogen-bond acceptors (Lipinski definition) is 17. The molecule has 1 heterocycles. The highest BCUT2D eigenvalue weighted by Crippen LogP contribution is 2.24. The van der Waals surface area contributed by atoms with Crippen LogP contribution in [0.3, 0.4) is 0 Å². The molecule has 26 nitrogen and oxygen atoms in total. The maximum Gasteiger partial charge on any atom is 0.328 e. The number of carboxylic acids is 2. The molecule has 0 bridgehead atoms. The summed E-state index contributed by atoms with van der Waals surface area (Å²) in [6, 6.07) is -1.75. The van der Waals surface area contributed by atoms with Crippen LogP contribution in [0.1, 0.15) is 57.2 Å². The van der Waals surface area contributed by atoms with E-state index in [0.717, 1.165) is 25.7 Å². The lowest BCUT2D eigenvalue weighted by molar-refractivity contribution is -0.143. The molecule has 2 aromatic rings. The van der Waals surface area contributed by atoms with Crippen molar-refractivity contribution in [1.82, 2.24) is 57.4 Å². The molecule has 394 valence electrons. The van der Waals surface area contributed by atoms with E-state index in [9.17, 15) is 68.4 Å². The smallest absolute Gasteiger partial charge is 0.328 e. The Morgan fingerprint density at radius 3 is 1.97 bits per heavy atom. The van der Waals surface area contributed by atoms with Crippen molar-refractivity contribution in [2.45, 2.75) is 101 Å². The molecule has 7 atom stereocenters. The second-order valence-corrected chi connectivity index (χ2v) is 16.7. The Balaban J connectivity index is 1.65. The number of hydrogen-bond donors (Lipinski definition) is 14. The molecule has 0 fully saturated rings. The van der Waals surface area contributed by atoms with Gasteiger partial charge in [0.05, 0.1) is 44.2 Å². The Labute approximate surface area is 414 Å². The van der Waals surface area contributed by atoms with Gasteiger partial charge < -0.3 is 78.5 Å². The number of rotatable bonds is 35. The molecule has 0 spiro atoms. The number of aliphatic hydroxyl groups excluding tert-OH is 2. The minimum absolute atomic E-state index is 0.0724. The van der Waals surface area contributed by atoms with E-state index in [2.05, 4.69) is 59.1 Å². The zero-order chi connectivity index (χ0) is 53.3. The van der Waals surface area contributed by atoms with Gasteiger partial charge in [-0.15, -0.1) is 0 Å². The number of aromatic nitrogens is 2. The first-order valence-corrected chi connectivity index (χ1v) is 23.2. The van der Waals surface area contributed by atoms with Gasteiger partial charge >= 0.3 is 11.9 Å². The summed E-state index contributed by atoms with van der Waals surface area (Å²) in [4.78, 5) is 137. The van der Waals surface area contributed by atoms with Crippen molar-refractivity contribution < 1.29 is 68.4 Å². The number of benzene rings is 1. The second-order valence-electron chi connectivity index (χ2n) is 16.7. The topological polar surface area (TPSA) is 406 Å². The van der Waals surface area contributed by atoms with E-state index in [4.69, 9.17) is 5.73 Å². The van der Waals surface area contributed by atoms with Crippen LogP contribution in [0.2, 0.25) is 0 Å². The van der Waals surface area contributed by atoms with E-state index < -0.39 is 116 Å². The lowest BCUT2D eigenvalue weighted by Crippen LogP contribution is -2.60. The summed E-state index contributed by atoms with van der Waals surface area (Å²) in [7, 11) is 0. The first-order valence-electron chi connectivity index (χ1n) is 23.2. The number of carbonyl (C=O) groups excluding carboxylic acids is 8. The average molecular weight is 1010 g/mol. The lowest BCUT2D eigenvalue weighted by atomic mass is 9.93. The predicted molar refractivity (Wildman–Crippen MR) is 256 cm³/mol. The van der Waals surface area contributed by atoms with Crippen LogP contribution in [0, 0.1) is 0 Å². The maximum absolute atomic E-state index is 13.7. The maximum atomic E-state index is 13.7. The Morgan fingerprint density at radius 1 is 0.778 bits per heavy atom. The summed E-state index contributed by atoms with van der Waals surface area (Å²) in [6.07, 6.45) is 5.00. The normalized spacial score (nSPS) is 15.0. The first kappa shape index (κ1) is 58.8. The number of aromatic amines is 1. The van der Waals surface area contributed by atoms with Crippen molar-refractivity contribution in [1.29, 1.82) is 0 Å². The number of amides is 6. The number of H-pyrrole nitrogens is 1. The molecule has 1 aromatic carbocycles. The highest BCUT2D eigenvalue weighted by atomic mass is 16.4. The minimum Gasteiger partial charge on any atom is -0.481 e. The van der Waals surface area contributed by atoms with Gasteiger partial charge in [-0.25, -0.2) is 9.78 Å². The molecule has 15 N–H and O–H groups in total. The monoisotopic (exact) mass is 1010 g/mol. The van der Waals surface area contributed by atoms with Crippen molar-refractivity contribution >= 4 is 59.5 Å². The number of ketones is 1. The average Bonchev–Trinajstić information content (AvgIpc) is 3.87. The van der Waals surface area contributed by atoms with Gasteiger partial charge in [-0.05, 0) is 38.3 Å². The molecule has 0 saturated heterocycles. The molecule has 72 heavy (non-hydrogen) atoms. The fraction of sp³-hybridized carbons (Fsp3) is 0.500.